The molecule has 296 valence electrons. The molecule has 0 unspecified atom stereocenters. The third-order valence-corrected chi connectivity index (χ3v) is 12.5. The summed E-state index contributed by atoms with van der Waals surface area (Å²) in [5, 5.41) is 4.97. The summed E-state index contributed by atoms with van der Waals surface area (Å²) in [6.07, 6.45) is 0. The molecule has 0 spiro atoms. The average Bonchev–Trinajstić information content (AvgIpc) is 3.88. The highest BCUT2D eigenvalue weighted by Crippen LogP contribution is 2.43. The van der Waals surface area contributed by atoms with Gasteiger partial charge in [0.25, 0.3) is 0 Å². The van der Waals surface area contributed by atoms with Gasteiger partial charge < -0.3 is 14.0 Å². The minimum absolute atomic E-state index is 1.08. The highest BCUT2D eigenvalue weighted by Gasteiger charge is 2.20. The lowest BCUT2D eigenvalue weighted by Crippen LogP contribution is -2.10. The molecule has 0 fully saturated rings. The number of anilines is 3. The minimum atomic E-state index is 1.08. The van der Waals surface area contributed by atoms with E-state index in [1.54, 1.807) is 0 Å². The van der Waals surface area contributed by atoms with Crippen molar-refractivity contribution in [2.45, 2.75) is 0 Å². The van der Waals surface area contributed by atoms with Gasteiger partial charge in [0.05, 0.1) is 22.1 Å². The van der Waals surface area contributed by atoms with Crippen molar-refractivity contribution in [1.82, 2.24) is 9.13 Å². The SMILES string of the molecule is c1ccc(-c2ccc(N(c3ccc(-c4ccc5c6ccccc6n(-c6ccccc6)c5c4)cc3)c3ccc4c5c(-c6ccccc6)cccc5n(-c5ccccc5)c4c3)cc2)cc1. The molecule has 0 aliphatic rings. The quantitative estimate of drug-likeness (QED) is 0.149. The monoisotopic (exact) mass is 803 g/mol. The fraction of sp³-hybridized carbons (Fsp3) is 0. The van der Waals surface area contributed by atoms with Crippen LogP contribution in [0.25, 0.3) is 88.4 Å². The van der Waals surface area contributed by atoms with Gasteiger partial charge in [0.2, 0.25) is 0 Å². The molecule has 0 aliphatic heterocycles. The van der Waals surface area contributed by atoms with Gasteiger partial charge in [-0.25, -0.2) is 0 Å². The number of para-hydroxylation sites is 3. The van der Waals surface area contributed by atoms with Crippen molar-refractivity contribution < 1.29 is 0 Å². The van der Waals surface area contributed by atoms with E-state index in [1.165, 1.54) is 65.9 Å². The van der Waals surface area contributed by atoms with Crippen LogP contribution in [0.5, 0.6) is 0 Å². The second-order valence-electron chi connectivity index (χ2n) is 16.2. The summed E-state index contributed by atoms with van der Waals surface area (Å²) in [4.78, 5) is 2.39. The van der Waals surface area contributed by atoms with Crippen LogP contribution in [0.1, 0.15) is 0 Å². The summed E-state index contributed by atoms with van der Waals surface area (Å²) in [7, 11) is 0. The first-order valence-corrected chi connectivity index (χ1v) is 21.6. The fourth-order valence-corrected chi connectivity index (χ4v) is 9.60. The predicted molar refractivity (Wildman–Crippen MR) is 266 cm³/mol. The van der Waals surface area contributed by atoms with E-state index in [-0.39, 0.29) is 0 Å². The summed E-state index contributed by atoms with van der Waals surface area (Å²) in [6.45, 7) is 0. The molecule has 0 amide bonds. The summed E-state index contributed by atoms with van der Waals surface area (Å²) in [6, 6.07) is 90.1. The highest BCUT2D eigenvalue weighted by molar-refractivity contribution is 6.16. The van der Waals surface area contributed by atoms with Crippen LogP contribution in [0.3, 0.4) is 0 Å². The molecular weight excluding hydrogens is 763 g/mol. The second kappa shape index (κ2) is 15.3. The van der Waals surface area contributed by atoms with Crippen molar-refractivity contribution in [3.8, 4) is 44.8 Å². The van der Waals surface area contributed by atoms with Gasteiger partial charge in [0.15, 0.2) is 0 Å². The number of aromatic nitrogens is 2. The summed E-state index contributed by atoms with van der Waals surface area (Å²) < 4.78 is 4.81. The third kappa shape index (κ3) is 6.29. The van der Waals surface area contributed by atoms with Gasteiger partial charge in [-0.2, -0.15) is 0 Å². The van der Waals surface area contributed by atoms with Crippen molar-refractivity contribution in [1.29, 1.82) is 0 Å². The summed E-state index contributed by atoms with van der Waals surface area (Å²) in [5.41, 5.74) is 17.4. The van der Waals surface area contributed by atoms with Gasteiger partial charge in [0, 0.05) is 50.0 Å². The van der Waals surface area contributed by atoms with E-state index in [4.69, 9.17) is 0 Å². The van der Waals surface area contributed by atoms with Crippen LogP contribution in [0.4, 0.5) is 17.1 Å². The van der Waals surface area contributed by atoms with E-state index < -0.39 is 0 Å². The average molecular weight is 804 g/mol. The van der Waals surface area contributed by atoms with Crippen LogP contribution in [0.2, 0.25) is 0 Å². The van der Waals surface area contributed by atoms with Gasteiger partial charge in [-0.05, 0) is 112 Å². The molecule has 12 aromatic rings. The van der Waals surface area contributed by atoms with Gasteiger partial charge in [-0.3, -0.25) is 0 Å². The molecule has 10 aromatic carbocycles. The van der Waals surface area contributed by atoms with Crippen LogP contribution >= 0.6 is 0 Å². The van der Waals surface area contributed by atoms with Crippen molar-refractivity contribution in [2.75, 3.05) is 4.90 Å². The summed E-state index contributed by atoms with van der Waals surface area (Å²) >= 11 is 0. The predicted octanol–water partition coefficient (Wildman–Crippen LogP) is 16.4. The van der Waals surface area contributed by atoms with E-state index in [0.29, 0.717) is 0 Å². The number of hydrogen-bond donors (Lipinski definition) is 0. The Balaban J connectivity index is 1.02. The number of fused-ring (bicyclic) bond motifs is 6. The molecule has 0 saturated carbocycles. The van der Waals surface area contributed by atoms with Crippen LogP contribution in [0, 0.1) is 0 Å². The van der Waals surface area contributed by atoms with Crippen LogP contribution in [0.15, 0.2) is 249 Å². The first kappa shape index (κ1) is 36.5. The van der Waals surface area contributed by atoms with Crippen LogP contribution < -0.4 is 4.90 Å². The van der Waals surface area contributed by atoms with E-state index >= 15 is 0 Å². The first-order chi connectivity index (χ1) is 31.3. The zero-order valence-electron chi connectivity index (χ0n) is 34.5. The Kier molecular flexibility index (Phi) is 8.83. The zero-order valence-corrected chi connectivity index (χ0v) is 34.5. The Labute approximate surface area is 366 Å². The highest BCUT2D eigenvalue weighted by atomic mass is 15.1. The zero-order chi connectivity index (χ0) is 41.7. The molecular formula is C60H41N3. The first-order valence-electron chi connectivity index (χ1n) is 21.6. The summed E-state index contributed by atoms with van der Waals surface area (Å²) in [5.74, 6) is 0. The van der Waals surface area contributed by atoms with E-state index in [2.05, 4.69) is 263 Å². The largest absolute Gasteiger partial charge is 0.310 e. The standard InChI is InChI=1S/C60H41N3/c1-5-16-42(17-6-1)43-28-33-49(34-29-43)61(50-35-30-44(31-36-50)46-32-38-54-53-24-13-14-26-56(53)62(58(54)40-46)47-20-9-3-10-21-47)51-37-39-55-59(41-51)63(48-22-11-4-12-23-48)57-27-15-25-52(60(55)57)45-18-7-2-8-19-45/h1-41H. The number of nitrogens with zero attached hydrogens (tertiary/aromatic N) is 3. The Morgan fingerprint density at radius 2 is 0.698 bits per heavy atom. The van der Waals surface area contributed by atoms with Gasteiger partial charge >= 0.3 is 0 Å². The third-order valence-electron chi connectivity index (χ3n) is 12.5. The van der Waals surface area contributed by atoms with Crippen LogP contribution in [-0.2, 0) is 0 Å². The van der Waals surface area contributed by atoms with Crippen LogP contribution in [-0.4, -0.2) is 9.13 Å². The molecule has 63 heavy (non-hydrogen) atoms. The van der Waals surface area contributed by atoms with E-state index in [0.717, 1.165) is 39.5 Å². The van der Waals surface area contributed by atoms with Crippen molar-refractivity contribution in [3.63, 3.8) is 0 Å². The Hall–Kier alpha value is -8.40. The number of benzene rings is 10. The fourth-order valence-electron chi connectivity index (χ4n) is 9.60. The van der Waals surface area contributed by atoms with Gasteiger partial charge in [0.1, 0.15) is 0 Å². The van der Waals surface area contributed by atoms with Gasteiger partial charge in [-0.15, -0.1) is 0 Å². The molecule has 0 N–H and O–H groups in total. The van der Waals surface area contributed by atoms with Crippen molar-refractivity contribution >= 4 is 60.7 Å². The van der Waals surface area contributed by atoms with Crippen molar-refractivity contribution in [3.05, 3.63) is 249 Å². The molecule has 3 nitrogen and oxygen atoms in total. The maximum Gasteiger partial charge on any atom is 0.0562 e. The Morgan fingerprint density at radius 3 is 1.35 bits per heavy atom. The molecule has 3 heteroatoms. The lowest BCUT2D eigenvalue weighted by molar-refractivity contribution is 1.18. The molecule has 0 radical (unpaired) electrons. The lowest BCUT2D eigenvalue weighted by atomic mass is 9.99. The maximum atomic E-state index is 2.42. The molecule has 2 heterocycles. The minimum Gasteiger partial charge on any atom is -0.310 e. The number of hydrogen-bond acceptors (Lipinski definition) is 1. The van der Waals surface area contributed by atoms with E-state index in [9.17, 15) is 0 Å². The van der Waals surface area contributed by atoms with E-state index in [1.807, 2.05) is 0 Å². The Morgan fingerprint density at radius 1 is 0.254 bits per heavy atom. The van der Waals surface area contributed by atoms with Gasteiger partial charge in [-0.1, -0.05) is 170 Å². The molecule has 2 aromatic heterocycles. The molecule has 0 aliphatic carbocycles. The Bertz CT molecular complexity index is 3570. The maximum absolute atomic E-state index is 2.42. The smallest absolute Gasteiger partial charge is 0.0562 e. The topological polar surface area (TPSA) is 13.1 Å². The lowest BCUT2D eigenvalue weighted by Gasteiger charge is -2.26. The molecule has 0 saturated heterocycles. The molecule has 12 rings (SSSR count). The normalized spacial score (nSPS) is 11.5. The number of rotatable bonds is 8. The second-order valence-corrected chi connectivity index (χ2v) is 16.2. The van der Waals surface area contributed by atoms with Crippen molar-refractivity contribution in [2.24, 2.45) is 0 Å². The molecule has 0 atom stereocenters. The molecule has 0 bridgehead atoms.